The van der Waals surface area contributed by atoms with E-state index < -0.39 is 30.6 Å². The largest absolute Gasteiger partial charge is 0.481 e. The van der Waals surface area contributed by atoms with Crippen molar-refractivity contribution in [1.29, 1.82) is 0 Å². The average molecular weight is 208 g/mol. The van der Waals surface area contributed by atoms with Crippen LogP contribution in [0.25, 0.3) is 0 Å². The lowest BCUT2D eigenvalue weighted by molar-refractivity contribution is -0.312. The van der Waals surface area contributed by atoms with Gasteiger partial charge >= 0.3 is 18.1 Å². The van der Waals surface area contributed by atoms with E-state index in [0.717, 1.165) is 0 Å². The molecule has 2 N–H and O–H groups in total. The lowest BCUT2D eigenvalue weighted by atomic mass is 10.1. The molecule has 0 aromatic rings. The molecule has 0 bridgehead atoms. The molecule has 13 heavy (non-hydrogen) atoms. The molecule has 0 spiro atoms. The summed E-state index contributed by atoms with van der Waals surface area (Å²) in [6.07, 6.45) is -10.9. The normalized spacial score (nSPS) is 15.5. The van der Waals surface area contributed by atoms with Gasteiger partial charge in [-0.15, -0.1) is 0 Å². The van der Waals surface area contributed by atoms with E-state index in [1.165, 1.54) is 0 Å². The van der Waals surface area contributed by atoms with E-state index in [0.29, 0.717) is 0 Å². The van der Waals surface area contributed by atoms with Crippen LogP contribution in [0.5, 0.6) is 0 Å². The molecule has 0 aromatic heterocycles. The first-order valence-electron chi connectivity index (χ1n) is 2.93. The van der Waals surface area contributed by atoms with Crippen LogP contribution in [0.4, 0.5) is 22.0 Å². The summed E-state index contributed by atoms with van der Waals surface area (Å²) in [6.45, 7) is 0. The number of carbonyl (C=O) groups is 1. The van der Waals surface area contributed by atoms with E-state index in [4.69, 9.17) is 10.2 Å². The van der Waals surface area contributed by atoms with E-state index in [2.05, 4.69) is 0 Å². The monoisotopic (exact) mass is 208 g/mol. The van der Waals surface area contributed by atoms with Crippen LogP contribution in [0, 0.1) is 0 Å². The van der Waals surface area contributed by atoms with Crippen LogP contribution in [-0.2, 0) is 4.79 Å². The highest BCUT2D eigenvalue weighted by molar-refractivity contribution is 5.67. The lowest BCUT2D eigenvalue weighted by Crippen LogP contribution is -2.47. The third-order valence-electron chi connectivity index (χ3n) is 1.16. The molecule has 78 valence electrons. The Kier molecular flexibility index (Phi) is 3.20. The first-order chi connectivity index (χ1) is 5.59. The molecule has 0 aliphatic heterocycles. The van der Waals surface area contributed by atoms with Gasteiger partial charge in [0.2, 0.25) is 0 Å². The zero-order valence-corrected chi connectivity index (χ0v) is 5.98. The van der Waals surface area contributed by atoms with Crippen molar-refractivity contribution in [2.45, 2.75) is 24.6 Å². The van der Waals surface area contributed by atoms with E-state index in [9.17, 15) is 26.7 Å². The van der Waals surface area contributed by atoms with E-state index >= 15 is 0 Å². The molecule has 0 radical (unpaired) electrons. The predicted molar refractivity (Wildman–Crippen MR) is 29.3 cm³/mol. The number of halogens is 5. The van der Waals surface area contributed by atoms with E-state index in [-0.39, 0.29) is 0 Å². The Labute approximate surface area is 68.8 Å². The molecule has 0 aromatic carbocycles. The smallest absolute Gasteiger partial charge is 0.456 e. The average Bonchev–Trinajstić information content (AvgIpc) is 1.82. The summed E-state index contributed by atoms with van der Waals surface area (Å²) in [5.41, 5.74) is 0. The van der Waals surface area contributed by atoms with Crippen molar-refractivity contribution in [3.8, 4) is 0 Å². The zero-order chi connectivity index (χ0) is 10.9. The second-order valence-corrected chi connectivity index (χ2v) is 2.23. The molecule has 8 heteroatoms. The molecule has 0 amide bonds. The predicted octanol–water partition coefficient (Wildman–Crippen LogP) is 1.02. The van der Waals surface area contributed by atoms with Gasteiger partial charge in [-0.3, -0.25) is 4.79 Å². The van der Waals surface area contributed by atoms with Gasteiger partial charge in [-0.25, -0.2) is 0 Å². The molecule has 0 saturated carbocycles. The van der Waals surface area contributed by atoms with E-state index in [1.54, 1.807) is 0 Å². The van der Waals surface area contributed by atoms with Gasteiger partial charge in [0.15, 0.2) is 0 Å². The maximum atomic E-state index is 12.0. The molecule has 3 nitrogen and oxygen atoms in total. The third-order valence-corrected chi connectivity index (χ3v) is 1.16. The summed E-state index contributed by atoms with van der Waals surface area (Å²) in [7, 11) is 0. The summed E-state index contributed by atoms with van der Waals surface area (Å²) in [4.78, 5) is 9.72. The Morgan fingerprint density at radius 3 is 1.85 bits per heavy atom. The Bertz CT molecular complexity index is 199. The zero-order valence-electron chi connectivity index (χ0n) is 5.98. The number of hydrogen-bond donors (Lipinski definition) is 2. The second kappa shape index (κ2) is 3.44. The minimum Gasteiger partial charge on any atom is -0.481 e. The fourth-order valence-electron chi connectivity index (χ4n) is 0.483. The number of aliphatic carboxylic acids is 1. The van der Waals surface area contributed by atoms with Gasteiger partial charge in [0.25, 0.3) is 0 Å². The Morgan fingerprint density at radius 1 is 1.23 bits per heavy atom. The van der Waals surface area contributed by atoms with Crippen molar-refractivity contribution in [3.05, 3.63) is 0 Å². The summed E-state index contributed by atoms with van der Waals surface area (Å²) >= 11 is 0. The first-order valence-corrected chi connectivity index (χ1v) is 2.93. The Balaban J connectivity index is 4.54. The standard InChI is InChI=1S/C5H5F5O3/c6-4(7,5(8,9)10)2(11)1-3(12)13/h2,11H,1H2,(H,12,13)/t2-/m1/s1. The number of rotatable bonds is 3. The number of aliphatic hydroxyl groups is 1. The van der Waals surface area contributed by atoms with Crippen LogP contribution in [0.3, 0.4) is 0 Å². The number of carboxylic acids is 1. The van der Waals surface area contributed by atoms with Crippen molar-refractivity contribution in [1.82, 2.24) is 0 Å². The number of aliphatic hydroxyl groups excluding tert-OH is 1. The minimum atomic E-state index is -5.94. The van der Waals surface area contributed by atoms with Crippen LogP contribution in [0.2, 0.25) is 0 Å². The van der Waals surface area contributed by atoms with Crippen molar-refractivity contribution < 1.29 is 37.0 Å². The highest BCUT2D eigenvalue weighted by Crippen LogP contribution is 2.38. The quantitative estimate of drug-likeness (QED) is 0.680. The van der Waals surface area contributed by atoms with Crippen LogP contribution >= 0.6 is 0 Å². The molecule has 0 heterocycles. The summed E-state index contributed by atoms with van der Waals surface area (Å²) < 4.78 is 58.4. The Hall–Kier alpha value is -0.920. The Morgan fingerprint density at radius 2 is 1.62 bits per heavy atom. The van der Waals surface area contributed by atoms with Gasteiger partial charge in [0.05, 0.1) is 6.42 Å². The van der Waals surface area contributed by atoms with Gasteiger partial charge in [-0.05, 0) is 0 Å². The lowest BCUT2D eigenvalue weighted by Gasteiger charge is -2.23. The molecular formula is C5H5F5O3. The van der Waals surface area contributed by atoms with Crippen LogP contribution < -0.4 is 0 Å². The highest BCUT2D eigenvalue weighted by atomic mass is 19.4. The second-order valence-electron chi connectivity index (χ2n) is 2.23. The molecule has 0 unspecified atom stereocenters. The number of carboxylic acid groups (broad SMARTS) is 1. The molecular weight excluding hydrogens is 203 g/mol. The van der Waals surface area contributed by atoms with Crippen molar-refractivity contribution in [2.24, 2.45) is 0 Å². The SMILES string of the molecule is O=C(O)C[C@@H](O)C(F)(F)C(F)(F)F. The number of hydrogen-bond acceptors (Lipinski definition) is 2. The summed E-state index contributed by atoms with van der Waals surface area (Å²) in [6, 6.07) is 0. The topological polar surface area (TPSA) is 57.5 Å². The third kappa shape index (κ3) is 2.79. The molecule has 1 atom stereocenters. The van der Waals surface area contributed by atoms with Gasteiger partial charge in [-0.1, -0.05) is 0 Å². The molecule has 0 aliphatic rings. The minimum absolute atomic E-state index is 1.66. The van der Waals surface area contributed by atoms with Gasteiger partial charge in [-0.2, -0.15) is 22.0 Å². The van der Waals surface area contributed by atoms with Crippen LogP contribution in [0.1, 0.15) is 6.42 Å². The molecule has 0 aliphatic carbocycles. The molecule has 0 saturated heterocycles. The maximum absolute atomic E-state index is 12.0. The number of alkyl halides is 5. The molecule has 0 fully saturated rings. The van der Waals surface area contributed by atoms with Gasteiger partial charge < -0.3 is 10.2 Å². The fraction of sp³-hybridized carbons (Fsp3) is 0.800. The summed E-state index contributed by atoms with van der Waals surface area (Å²) in [5, 5.41) is 16.1. The maximum Gasteiger partial charge on any atom is 0.456 e. The van der Waals surface area contributed by atoms with Gasteiger partial charge in [0.1, 0.15) is 6.10 Å². The van der Waals surface area contributed by atoms with Crippen LogP contribution in [0.15, 0.2) is 0 Å². The van der Waals surface area contributed by atoms with Crippen molar-refractivity contribution in [2.75, 3.05) is 0 Å². The van der Waals surface area contributed by atoms with E-state index in [1.807, 2.05) is 0 Å². The van der Waals surface area contributed by atoms with Crippen molar-refractivity contribution in [3.63, 3.8) is 0 Å². The molecule has 0 rings (SSSR count). The van der Waals surface area contributed by atoms with Crippen molar-refractivity contribution >= 4 is 5.97 Å². The van der Waals surface area contributed by atoms with Crippen LogP contribution in [-0.4, -0.2) is 34.4 Å². The first kappa shape index (κ1) is 12.1. The fourth-order valence-corrected chi connectivity index (χ4v) is 0.483. The van der Waals surface area contributed by atoms with Gasteiger partial charge in [0, 0.05) is 0 Å². The highest BCUT2D eigenvalue weighted by Gasteiger charge is 2.62. The summed E-state index contributed by atoms with van der Waals surface area (Å²) in [5.74, 6) is -7.33.